The fourth-order valence-electron chi connectivity index (χ4n) is 1.65. The van der Waals surface area contributed by atoms with Crippen LogP contribution in [-0.4, -0.2) is 0 Å². The van der Waals surface area contributed by atoms with E-state index < -0.39 is 5.75 Å². The molecule has 0 saturated heterocycles. The molecule has 2 aromatic carbocycles. The lowest BCUT2D eigenvalue weighted by Crippen LogP contribution is -1.96. The van der Waals surface area contributed by atoms with Crippen molar-refractivity contribution in [2.24, 2.45) is 0 Å². The van der Waals surface area contributed by atoms with Crippen molar-refractivity contribution in [3.05, 3.63) is 67.8 Å². The van der Waals surface area contributed by atoms with Gasteiger partial charge in [0.2, 0.25) is 0 Å². The number of hydrogen-bond acceptors (Lipinski definition) is 1. The first-order valence-electron chi connectivity index (χ1n) is 5.96. The molecule has 3 aromatic rings. The minimum Gasteiger partial charge on any atom is -0.870 e. The predicted molar refractivity (Wildman–Crippen MR) is 91.4 cm³/mol. The van der Waals surface area contributed by atoms with Gasteiger partial charge in [0.15, 0.2) is 12.4 Å². The molecule has 0 atom stereocenters. The Bertz CT molecular complexity index is 652. The largest absolute Gasteiger partial charge is 0.870 e. The average molecular weight is 396 g/mol. The Balaban J connectivity index is 0.000000162. The Kier molecular flexibility index (Phi) is 6.01. The van der Waals surface area contributed by atoms with Crippen LogP contribution < -0.4 is 10.1 Å². The molecule has 0 unspecified atom stereocenters. The Hall–Kier alpha value is -0.900. The van der Waals surface area contributed by atoms with E-state index in [9.17, 15) is 5.11 Å². The van der Waals surface area contributed by atoms with E-state index in [4.69, 9.17) is 58.0 Å². The number of hydrogen-bond donors (Lipinski definition) is 0. The molecule has 1 aromatic heterocycles. The molecule has 114 valence electrons. The van der Waals surface area contributed by atoms with Crippen LogP contribution in [-0.2, 0) is 0 Å². The van der Waals surface area contributed by atoms with E-state index in [0.717, 1.165) is 0 Å². The number of aromatic nitrogens is 1. The second-order valence-corrected chi connectivity index (χ2v) is 6.06. The van der Waals surface area contributed by atoms with Crippen molar-refractivity contribution in [1.29, 1.82) is 0 Å². The van der Waals surface area contributed by atoms with Crippen LogP contribution in [0.4, 0.5) is 0 Å². The first-order valence-corrected chi connectivity index (χ1v) is 7.85. The van der Waals surface area contributed by atoms with Gasteiger partial charge in [-0.1, -0.05) is 82.0 Å². The zero-order chi connectivity index (χ0) is 16.3. The number of fused-ring (bicyclic) bond motifs is 1. The van der Waals surface area contributed by atoms with Crippen molar-refractivity contribution < 1.29 is 10.1 Å². The number of rotatable bonds is 0. The van der Waals surface area contributed by atoms with Crippen molar-refractivity contribution in [2.75, 3.05) is 0 Å². The standard InChI is InChI=1S/C9H7N.C6HCl5O/c1-2-4-9-7-10-6-5-8(9)3-1;7-1-2(8)4(10)6(12)5(11)3(1)9/h1-7H;12H. The van der Waals surface area contributed by atoms with E-state index in [2.05, 4.69) is 23.2 Å². The number of aromatic amines is 1. The summed E-state index contributed by atoms with van der Waals surface area (Å²) in [5, 5.41) is 13.0. The molecule has 1 N–H and O–H groups in total. The molecule has 2 nitrogen and oxygen atoms in total. The van der Waals surface area contributed by atoms with Gasteiger partial charge in [0.1, 0.15) is 0 Å². The number of nitrogens with one attached hydrogen (secondary N) is 1. The summed E-state index contributed by atoms with van der Waals surface area (Å²) in [5.74, 6) is -0.613. The molecule has 0 aliphatic heterocycles. The van der Waals surface area contributed by atoms with Crippen molar-refractivity contribution in [1.82, 2.24) is 0 Å². The normalized spacial score (nSPS) is 10.2. The molecule has 0 radical (unpaired) electrons. The van der Waals surface area contributed by atoms with E-state index in [1.165, 1.54) is 10.8 Å². The van der Waals surface area contributed by atoms with Gasteiger partial charge in [-0.2, -0.15) is 0 Å². The number of pyridine rings is 1. The summed E-state index contributed by atoms with van der Waals surface area (Å²) >= 11 is 27.7. The Morgan fingerprint density at radius 2 is 1.18 bits per heavy atom. The average Bonchev–Trinajstić information content (AvgIpc) is 2.57. The predicted octanol–water partition coefficient (Wildman–Crippen LogP) is 5.68. The maximum atomic E-state index is 11.1. The molecule has 1 heterocycles. The van der Waals surface area contributed by atoms with Crippen LogP contribution in [0, 0.1) is 0 Å². The highest BCUT2D eigenvalue weighted by molar-refractivity contribution is 6.55. The SMILES string of the molecule is [O-]c1c(Cl)c(Cl)c(Cl)c(Cl)c1Cl.c1ccc2c[nH+]ccc2c1. The molecule has 0 spiro atoms. The van der Waals surface area contributed by atoms with Gasteiger partial charge >= 0.3 is 0 Å². The minimum absolute atomic E-state index is 0.00654. The maximum absolute atomic E-state index is 11.1. The number of benzene rings is 2. The zero-order valence-electron chi connectivity index (χ0n) is 10.8. The van der Waals surface area contributed by atoms with Crippen LogP contribution in [0.5, 0.6) is 5.75 Å². The fraction of sp³-hybridized carbons (Fsp3) is 0. The number of halogens is 5. The highest BCUT2D eigenvalue weighted by Crippen LogP contribution is 2.46. The Morgan fingerprint density at radius 3 is 1.73 bits per heavy atom. The van der Waals surface area contributed by atoms with Gasteiger partial charge < -0.3 is 5.11 Å². The van der Waals surface area contributed by atoms with Crippen LogP contribution in [0.1, 0.15) is 0 Å². The second-order valence-electron chi connectivity index (χ2n) is 4.17. The fourth-order valence-corrected chi connectivity index (χ4v) is 2.78. The quantitative estimate of drug-likeness (QED) is 0.356. The van der Waals surface area contributed by atoms with Crippen LogP contribution in [0.25, 0.3) is 10.8 Å². The second kappa shape index (κ2) is 7.58. The highest BCUT2D eigenvalue weighted by Gasteiger charge is 2.13. The van der Waals surface area contributed by atoms with Crippen LogP contribution in [0.2, 0.25) is 25.1 Å². The summed E-state index contributed by atoms with van der Waals surface area (Å²) < 4.78 is 0. The molecule has 22 heavy (non-hydrogen) atoms. The molecule has 0 fully saturated rings. The third-order valence-corrected chi connectivity index (χ3v) is 5.01. The van der Waals surface area contributed by atoms with Gasteiger partial charge in [-0.05, 0) is 11.5 Å². The zero-order valence-corrected chi connectivity index (χ0v) is 14.6. The van der Waals surface area contributed by atoms with Gasteiger partial charge in [0.25, 0.3) is 0 Å². The van der Waals surface area contributed by atoms with Crippen LogP contribution >= 0.6 is 58.0 Å². The Labute approximate surface area is 152 Å². The molecular weight excluding hydrogens is 387 g/mol. The van der Waals surface area contributed by atoms with Crippen molar-refractivity contribution in [3.8, 4) is 5.75 Å². The molecule has 0 aliphatic carbocycles. The van der Waals surface area contributed by atoms with Crippen LogP contribution in [0.3, 0.4) is 0 Å². The monoisotopic (exact) mass is 393 g/mol. The number of H-pyrrole nitrogens is 1. The summed E-state index contributed by atoms with van der Waals surface area (Å²) in [6.07, 6.45) is 3.93. The third kappa shape index (κ3) is 3.70. The lowest BCUT2D eigenvalue weighted by atomic mass is 10.2. The highest BCUT2D eigenvalue weighted by atomic mass is 35.5. The van der Waals surface area contributed by atoms with Crippen molar-refractivity contribution in [2.45, 2.75) is 0 Å². The molecule has 0 aliphatic rings. The van der Waals surface area contributed by atoms with Gasteiger partial charge in [0.05, 0.1) is 25.1 Å². The summed E-state index contributed by atoms with van der Waals surface area (Å²) in [4.78, 5) is 3.04. The summed E-state index contributed by atoms with van der Waals surface area (Å²) in [6, 6.07) is 10.3. The molecule has 0 bridgehead atoms. The van der Waals surface area contributed by atoms with E-state index in [1.54, 1.807) is 0 Å². The van der Waals surface area contributed by atoms with Crippen LogP contribution in [0.15, 0.2) is 42.7 Å². The van der Waals surface area contributed by atoms with Gasteiger partial charge in [-0.15, -0.1) is 0 Å². The lowest BCUT2D eigenvalue weighted by molar-refractivity contribution is -0.375. The summed E-state index contributed by atoms with van der Waals surface area (Å²) in [7, 11) is 0. The lowest BCUT2D eigenvalue weighted by Gasteiger charge is -2.14. The summed E-state index contributed by atoms with van der Waals surface area (Å²) in [5.41, 5.74) is 0. The van der Waals surface area contributed by atoms with Gasteiger partial charge in [0, 0.05) is 11.5 Å². The van der Waals surface area contributed by atoms with Crippen molar-refractivity contribution >= 4 is 68.8 Å². The Morgan fingerprint density at radius 1 is 0.682 bits per heavy atom. The van der Waals surface area contributed by atoms with E-state index >= 15 is 0 Å². The topological polar surface area (TPSA) is 37.2 Å². The van der Waals surface area contributed by atoms with Gasteiger partial charge in [-0.25, -0.2) is 4.98 Å². The molecule has 0 saturated carbocycles. The van der Waals surface area contributed by atoms with Crippen molar-refractivity contribution in [3.63, 3.8) is 0 Å². The molecule has 3 rings (SSSR count). The molecular formula is C15H8Cl5NO. The maximum Gasteiger partial charge on any atom is 0.174 e. The first-order chi connectivity index (χ1) is 10.4. The van der Waals surface area contributed by atoms with E-state index in [1.807, 2.05) is 24.5 Å². The third-order valence-electron chi connectivity index (χ3n) is 2.76. The van der Waals surface area contributed by atoms with E-state index in [0.29, 0.717) is 0 Å². The molecule has 7 heteroatoms. The smallest absolute Gasteiger partial charge is 0.174 e. The first kappa shape index (κ1) is 17.5. The summed E-state index contributed by atoms with van der Waals surface area (Å²) in [6.45, 7) is 0. The molecule has 0 amide bonds. The van der Waals surface area contributed by atoms with Gasteiger partial charge in [-0.3, -0.25) is 0 Å². The minimum atomic E-state index is -0.613. The van der Waals surface area contributed by atoms with E-state index in [-0.39, 0.29) is 25.1 Å².